The van der Waals surface area contributed by atoms with Crippen molar-refractivity contribution < 1.29 is 9.59 Å². The van der Waals surface area contributed by atoms with E-state index in [9.17, 15) is 9.59 Å². The quantitative estimate of drug-likeness (QED) is 0.747. The second-order valence-electron chi connectivity index (χ2n) is 8.84. The number of carbonyl (C=O) groups excluding carboxylic acids is 2. The van der Waals surface area contributed by atoms with Gasteiger partial charge in [-0.25, -0.2) is 9.79 Å². The number of aryl methyl sites for hydroxylation is 2. The van der Waals surface area contributed by atoms with Crippen molar-refractivity contribution in [1.29, 1.82) is 0 Å². The zero-order valence-corrected chi connectivity index (χ0v) is 18.8. The van der Waals surface area contributed by atoms with Gasteiger partial charge in [0.15, 0.2) is 12.2 Å². The molecule has 0 aromatic heterocycles. The van der Waals surface area contributed by atoms with Crippen LogP contribution in [0.3, 0.4) is 0 Å². The molecule has 1 fully saturated rings. The molecule has 32 heavy (non-hydrogen) atoms. The standard InChI is InChI=1S/C25H27N5O2/c1-16-5-9-19(10-6-16)14-28-18(3)13-29-21-22(26-24(28)29)27(4)25(32)30(23(21)31)15-20-11-7-17(2)8-12-20/h5-13,21-22H,14-15H2,1-4H3. The van der Waals surface area contributed by atoms with E-state index in [-0.39, 0.29) is 18.5 Å². The van der Waals surface area contributed by atoms with E-state index in [4.69, 9.17) is 4.99 Å². The van der Waals surface area contributed by atoms with E-state index in [0.29, 0.717) is 6.54 Å². The molecule has 7 heteroatoms. The normalized spacial score (nSPS) is 22.2. The molecule has 0 spiro atoms. The van der Waals surface area contributed by atoms with E-state index in [0.717, 1.165) is 22.8 Å². The number of amides is 3. The number of guanidine groups is 1. The monoisotopic (exact) mass is 429 g/mol. The maximum atomic E-state index is 13.5. The minimum atomic E-state index is -0.545. The van der Waals surface area contributed by atoms with Crippen LogP contribution in [0.2, 0.25) is 0 Å². The van der Waals surface area contributed by atoms with Gasteiger partial charge in [0, 0.05) is 18.9 Å². The first kappa shape index (κ1) is 20.3. The molecular formula is C25H27N5O2. The van der Waals surface area contributed by atoms with Crippen molar-refractivity contribution in [2.24, 2.45) is 4.99 Å². The number of hydrogen-bond donors (Lipinski definition) is 0. The zero-order chi connectivity index (χ0) is 22.6. The third-order valence-corrected chi connectivity index (χ3v) is 6.42. The summed E-state index contributed by atoms with van der Waals surface area (Å²) in [5.74, 6) is 0.516. The fraction of sp³-hybridized carbons (Fsp3) is 0.320. The van der Waals surface area contributed by atoms with E-state index < -0.39 is 12.2 Å². The van der Waals surface area contributed by atoms with Crippen molar-refractivity contribution in [2.75, 3.05) is 7.05 Å². The van der Waals surface area contributed by atoms with E-state index >= 15 is 0 Å². The molecule has 2 aromatic carbocycles. The topological polar surface area (TPSA) is 59.5 Å². The smallest absolute Gasteiger partial charge is 0.310 e. The van der Waals surface area contributed by atoms with Crippen molar-refractivity contribution in [3.05, 3.63) is 82.7 Å². The lowest BCUT2D eigenvalue weighted by atomic mass is 10.1. The Morgan fingerprint density at radius 3 is 1.91 bits per heavy atom. The molecule has 0 N–H and O–H groups in total. The van der Waals surface area contributed by atoms with Crippen LogP contribution >= 0.6 is 0 Å². The summed E-state index contributed by atoms with van der Waals surface area (Å²) in [5.41, 5.74) is 5.48. The first-order valence-corrected chi connectivity index (χ1v) is 10.8. The highest BCUT2D eigenvalue weighted by Crippen LogP contribution is 2.35. The molecular weight excluding hydrogens is 402 g/mol. The molecule has 0 saturated carbocycles. The molecule has 3 aliphatic rings. The lowest BCUT2D eigenvalue weighted by Gasteiger charge is -2.40. The Labute approximate surface area is 188 Å². The second kappa shape index (κ2) is 7.51. The largest absolute Gasteiger partial charge is 0.328 e. The van der Waals surface area contributed by atoms with E-state index in [2.05, 4.69) is 36.1 Å². The highest BCUT2D eigenvalue weighted by molar-refractivity contribution is 6.04. The predicted octanol–water partition coefficient (Wildman–Crippen LogP) is 3.44. The molecule has 0 bridgehead atoms. The highest BCUT2D eigenvalue weighted by atomic mass is 16.2. The van der Waals surface area contributed by atoms with Crippen molar-refractivity contribution in [1.82, 2.24) is 19.6 Å². The van der Waals surface area contributed by atoms with Crippen LogP contribution in [0.15, 0.2) is 65.4 Å². The van der Waals surface area contributed by atoms with E-state index in [1.165, 1.54) is 16.0 Å². The summed E-state index contributed by atoms with van der Waals surface area (Å²) in [5, 5.41) is 0. The molecule has 7 nitrogen and oxygen atoms in total. The van der Waals surface area contributed by atoms with Crippen LogP contribution in [0.4, 0.5) is 4.79 Å². The summed E-state index contributed by atoms with van der Waals surface area (Å²) in [6, 6.07) is 15.5. The summed E-state index contributed by atoms with van der Waals surface area (Å²) in [4.78, 5) is 38.3. The highest BCUT2D eigenvalue weighted by Gasteiger charge is 2.54. The number of hydrogen-bond acceptors (Lipinski definition) is 5. The number of likely N-dealkylation sites (N-methyl/N-ethyl adjacent to an activating group) is 1. The van der Waals surface area contributed by atoms with Gasteiger partial charge in [-0.1, -0.05) is 59.7 Å². The fourth-order valence-electron chi connectivity index (χ4n) is 4.49. The number of nitrogens with zero attached hydrogens (tertiary/aromatic N) is 5. The fourth-order valence-corrected chi connectivity index (χ4v) is 4.49. The minimum Gasteiger partial charge on any atom is -0.310 e. The number of fused-ring (bicyclic) bond motifs is 3. The molecule has 2 aromatic rings. The summed E-state index contributed by atoms with van der Waals surface area (Å²) in [6.45, 7) is 7.03. The predicted molar refractivity (Wildman–Crippen MR) is 122 cm³/mol. The summed E-state index contributed by atoms with van der Waals surface area (Å²) >= 11 is 0. The average Bonchev–Trinajstić information content (AvgIpc) is 3.28. The minimum absolute atomic E-state index is 0.210. The molecule has 0 aliphatic carbocycles. The number of allylic oxidation sites excluding steroid dienone is 1. The molecule has 2 unspecified atom stereocenters. The van der Waals surface area contributed by atoms with Gasteiger partial charge >= 0.3 is 6.03 Å². The molecule has 0 radical (unpaired) electrons. The van der Waals surface area contributed by atoms with Crippen LogP contribution in [-0.2, 0) is 17.9 Å². The van der Waals surface area contributed by atoms with Crippen molar-refractivity contribution in [3.63, 3.8) is 0 Å². The van der Waals surface area contributed by atoms with Gasteiger partial charge in [0.25, 0.3) is 5.91 Å². The maximum absolute atomic E-state index is 13.5. The number of urea groups is 1. The second-order valence-corrected chi connectivity index (χ2v) is 8.84. The van der Waals surface area contributed by atoms with Crippen molar-refractivity contribution in [2.45, 2.75) is 46.1 Å². The Morgan fingerprint density at radius 1 is 0.812 bits per heavy atom. The van der Waals surface area contributed by atoms with Crippen molar-refractivity contribution in [3.8, 4) is 0 Å². The maximum Gasteiger partial charge on any atom is 0.328 e. The Bertz CT molecular complexity index is 1140. The van der Waals surface area contributed by atoms with Gasteiger partial charge in [0.2, 0.25) is 5.96 Å². The van der Waals surface area contributed by atoms with Gasteiger partial charge in [-0.05, 0) is 31.9 Å². The molecule has 3 heterocycles. The van der Waals surface area contributed by atoms with Gasteiger partial charge in [-0.3, -0.25) is 9.69 Å². The molecule has 3 aliphatic heterocycles. The van der Waals surface area contributed by atoms with E-state index in [1.54, 1.807) is 11.9 Å². The summed E-state index contributed by atoms with van der Waals surface area (Å²) in [7, 11) is 1.72. The van der Waals surface area contributed by atoms with Crippen LogP contribution in [0.25, 0.3) is 0 Å². The number of aliphatic imine (C=N–C) groups is 1. The first-order valence-electron chi connectivity index (χ1n) is 10.8. The molecule has 1 saturated heterocycles. The summed E-state index contributed by atoms with van der Waals surface area (Å²) < 4.78 is 0. The Kier molecular flexibility index (Phi) is 4.77. The molecule has 2 atom stereocenters. The van der Waals surface area contributed by atoms with Crippen LogP contribution in [-0.4, -0.2) is 56.8 Å². The molecule has 5 rings (SSSR count). The molecule has 3 amide bonds. The third kappa shape index (κ3) is 3.25. The zero-order valence-electron chi connectivity index (χ0n) is 18.8. The lowest BCUT2D eigenvalue weighted by molar-refractivity contribution is -0.137. The summed E-state index contributed by atoms with van der Waals surface area (Å²) in [6.07, 6.45) is 1.45. The van der Waals surface area contributed by atoms with Crippen molar-refractivity contribution >= 4 is 17.9 Å². The average molecular weight is 430 g/mol. The number of rotatable bonds is 4. The van der Waals surface area contributed by atoms with Gasteiger partial charge in [-0.2, -0.15) is 0 Å². The van der Waals surface area contributed by atoms with Gasteiger partial charge in [-0.15, -0.1) is 0 Å². The first-order chi connectivity index (χ1) is 15.3. The van der Waals surface area contributed by atoms with Crippen LogP contribution < -0.4 is 0 Å². The van der Waals surface area contributed by atoms with Gasteiger partial charge in [0.05, 0.1) is 13.1 Å². The Hall–Kier alpha value is -3.61. The van der Waals surface area contributed by atoms with Crippen LogP contribution in [0, 0.1) is 13.8 Å². The van der Waals surface area contributed by atoms with Crippen LogP contribution in [0.5, 0.6) is 0 Å². The van der Waals surface area contributed by atoms with Crippen LogP contribution in [0.1, 0.15) is 29.2 Å². The van der Waals surface area contributed by atoms with E-state index in [1.807, 2.05) is 49.2 Å². The molecule has 164 valence electrons. The number of carbonyl (C=O) groups is 2. The lowest BCUT2D eigenvalue weighted by Crippen LogP contribution is -2.63. The third-order valence-electron chi connectivity index (χ3n) is 6.42. The number of imide groups is 1. The SMILES string of the molecule is CC1=CN2C(=NC3C2C(=O)N(Cc2ccc(C)cc2)C(=O)N3C)N1Cc1ccc(C)cc1. The number of benzene rings is 2. The Morgan fingerprint density at radius 2 is 1.34 bits per heavy atom. The van der Waals surface area contributed by atoms with Gasteiger partial charge < -0.3 is 14.7 Å². The Balaban J connectivity index is 1.41. The van der Waals surface area contributed by atoms with Gasteiger partial charge in [0.1, 0.15) is 0 Å².